The standard InChI is InChI=1S/C13H24N4O/c14-12(15)11(9-5-2-1-3-6-9)17-13(18)16-10-7-4-8-10/h9-11H,1-8H2,(H3,14,15)(H2,16,17,18). The highest BCUT2D eigenvalue weighted by Gasteiger charge is 2.28. The zero-order valence-electron chi connectivity index (χ0n) is 10.9. The number of nitrogens with two attached hydrogens (primary N) is 1. The van der Waals surface area contributed by atoms with Gasteiger partial charge in [0.05, 0.1) is 6.04 Å². The summed E-state index contributed by atoms with van der Waals surface area (Å²) >= 11 is 0. The lowest BCUT2D eigenvalue weighted by atomic mass is 9.83. The molecule has 0 heterocycles. The maximum Gasteiger partial charge on any atom is 0.315 e. The molecule has 0 spiro atoms. The van der Waals surface area contributed by atoms with Crippen molar-refractivity contribution in [2.45, 2.75) is 63.5 Å². The highest BCUT2D eigenvalue weighted by Crippen LogP contribution is 2.26. The molecule has 0 saturated heterocycles. The summed E-state index contributed by atoms with van der Waals surface area (Å²) in [7, 11) is 0. The summed E-state index contributed by atoms with van der Waals surface area (Å²) in [5.41, 5.74) is 5.63. The van der Waals surface area contributed by atoms with Crippen molar-refractivity contribution in [1.29, 1.82) is 5.41 Å². The molecule has 1 unspecified atom stereocenters. The van der Waals surface area contributed by atoms with E-state index in [1.807, 2.05) is 0 Å². The van der Waals surface area contributed by atoms with Crippen molar-refractivity contribution in [3.63, 3.8) is 0 Å². The highest BCUT2D eigenvalue weighted by atomic mass is 16.2. The van der Waals surface area contributed by atoms with Crippen LogP contribution in [0.3, 0.4) is 0 Å². The number of carbonyl (C=O) groups excluding carboxylic acids is 1. The first kappa shape index (κ1) is 13.2. The highest BCUT2D eigenvalue weighted by molar-refractivity contribution is 5.88. The minimum Gasteiger partial charge on any atom is -0.386 e. The van der Waals surface area contributed by atoms with Gasteiger partial charge in [0, 0.05) is 6.04 Å². The fourth-order valence-electron chi connectivity index (χ4n) is 2.84. The van der Waals surface area contributed by atoms with Crippen LogP contribution in [-0.2, 0) is 0 Å². The van der Waals surface area contributed by atoms with Gasteiger partial charge in [-0.05, 0) is 38.0 Å². The Morgan fingerprint density at radius 3 is 2.28 bits per heavy atom. The first-order valence-corrected chi connectivity index (χ1v) is 7.08. The molecular formula is C13H24N4O. The Hall–Kier alpha value is -1.26. The molecule has 2 fully saturated rings. The topological polar surface area (TPSA) is 91.0 Å². The summed E-state index contributed by atoms with van der Waals surface area (Å²) in [5, 5.41) is 13.5. The third-order valence-electron chi connectivity index (χ3n) is 4.18. The van der Waals surface area contributed by atoms with Crippen LogP contribution in [0.5, 0.6) is 0 Å². The molecule has 18 heavy (non-hydrogen) atoms. The molecule has 0 aromatic carbocycles. The van der Waals surface area contributed by atoms with E-state index in [2.05, 4.69) is 10.6 Å². The average Bonchev–Trinajstić information content (AvgIpc) is 2.31. The van der Waals surface area contributed by atoms with Crippen LogP contribution in [0.2, 0.25) is 0 Å². The van der Waals surface area contributed by atoms with Crippen LogP contribution in [0.15, 0.2) is 0 Å². The predicted octanol–water partition coefficient (Wildman–Crippen LogP) is 1.72. The van der Waals surface area contributed by atoms with E-state index in [0.717, 1.165) is 25.7 Å². The van der Waals surface area contributed by atoms with Crippen LogP contribution in [0.1, 0.15) is 51.4 Å². The number of hydrogen-bond acceptors (Lipinski definition) is 2. The second-order valence-corrected chi connectivity index (χ2v) is 5.58. The summed E-state index contributed by atoms with van der Waals surface area (Å²) in [5.74, 6) is 0.425. The largest absolute Gasteiger partial charge is 0.386 e. The second-order valence-electron chi connectivity index (χ2n) is 5.58. The number of hydrogen-bond donors (Lipinski definition) is 4. The minimum atomic E-state index is -0.287. The van der Waals surface area contributed by atoms with E-state index in [1.165, 1.54) is 25.7 Å². The van der Waals surface area contributed by atoms with Gasteiger partial charge in [-0.15, -0.1) is 0 Å². The van der Waals surface area contributed by atoms with Gasteiger partial charge in [-0.1, -0.05) is 19.3 Å². The Labute approximate surface area is 108 Å². The summed E-state index contributed by atoms with van der Waals surface area (Å²) in [4.78, 5) is 11.8. The quantitative estimate of drug-likeness (QED) is 0.453. The molecule has 0 bridgehead atoms. The number of amidine groups is 1. The van der Waals surface area contributed by atoms with Crippen LogP contribution in [-0.4, -0.2) is 24.0 Å². The van der Waals surface area contributed by atoms with Crippen molar-refractivity contribution in [2.24, 2.45) is 11.7 Å². The van der Waals surface area contributed by atoms with Gasteiger partial charge in [-0.2, -0.15) is 0 Å². The molecule has 5 nitrogen and oxygen atoms in total. The van der Waals surface area contributed by atoms with Crippen molar-refractivity contribution in [2.75, 3.05) is 0 Å². The minimum absolute atomic E-state index is 0.0886. The van der Waals surface area contributed by atoms with E-state index >= 15 is 0 Å². The fraction of sp³-hybridized carbons (Fsp3) is 0.846. The van der Waals surface area contributed by atoms with Gasteiger partial charge in [0.15, 0.2) is 0 Å². The van der Waals surface area contributed by atoms with E-state index < -0.39 is 0 Å². The molecule has 0 aromatic rings. The van der Waals surface area contributed by atoms with Gasteiger partial charge in [-0.3, -0.25) is 5.41 Å². The maximum absolute atomic E-state index is 11.8. The summed E-state index contributed by atoms with van der Waals surface area (Å²) < 4.78 is 0. The summed E-state index contributed by atoms with van der Waals surface area (Å²) in [6.07, 6.45) is 9.09. The number of amides is 2. The van der Waals surface area contributed by atoms with Gasteiger partial charge in [0.1, 0.15) is 5.84 Å². The first-order chi connectivity index (χ1) is 8.66. The van der Waals surface area contributed by atoms with Gasteiger partial charge in [0.25, 0.3) is 0 Å². The normalized spacial score (nSPS) is 22.9. The lowest BCUT2D eigenvalue weighted by Gasteiger charge is -2.32. The van der Waals surface area contributed by atoms with Gasteiger partial charge in [0.2, 0.25) is 0 Å². The Morgan fingerprint density at radius 1 is 1.11 bits per heavy atom. The molecule has 5 heteroatoms. The second kappa shape index (κ2) is 6.07. The molecule has 0 aliphatic heterocycles. The van der Waals surface area contributed by atoms with Gasteiger partial charge < -0.3 is 16.4 Å². The van der Waals surface area contributed by atoms with Crippen molar-refractivity contribution in [1.82, 2.24) is 10.6 Å². The van der Waals surface area contributed by atoms with Crippen LogP contribution in [0.25, 0.3) is 0 Å². The predicted molar refractivity (Wildman–Crippen MR) is 71.6 cm³/mol. The molecule has 2 rings (SSSR count). The smallest absolute Gasteiger partial charge is 0.315 e. The molecule has 2 amide bonds. The number of carbonyl (C=O) groups is 1. The monoisotopic (exact) mass is 252 g/mol. The van der Waals surface area contributed by atoms with E-state index in [0.29, 0.717) is 12.0 Å². The molecular weight excluding hydrogens is 228 g/mol. The van der Waals surface area contributed by atoms with E-state index in [1.54, 1.807) is 0 Å². The van der Waals surface area contributed by atoms with Crippen LogP contribution < -0.4 is 16.4 Å². The Balaban J connectivity index is 1.84. The molecule has 102 valence electrons. The lowest BCUT2D eigenvalue weighted by molar-refractivity contribution is 0.219. The lowest BCUT2D eigenvalue weighted by Crippen LogP contribution is -2.54. The van der Waals surface area contributed by atoms with Crippen molar-refractivity contribution in [3.8, 4) is 0 Å². The third kappa shape index (κ3) is 3.37. The molecule has 5 N–H and O–H groups in total. The van der Waals surface area contributed by atoms with E-state index in [9.17, 15) is 4.79 Å². The van der Waals surface area contributed by atoms with Crippen molar-refractivity contribution < 1.29 is 4.79 Å². The molecule has 1 atom stereocenters. The molecule has 0 aromatic heterocycles. The Bertz CT molecular complexity index is 308. The molecule has 2 saturated carbocycles. The zero-order chi connectivity index (χ0) is 13.0. The SMILES string of the molecule is N=C(N)C(NC(=O)NC1CCC1)C1CCCCC1. The summed E-state index contributed by atoms with van der Waals surface area (Å²) in [6, 6.07) is -0.125. The maximum atomic E-state index is 11.8. The van der Waals surface area contributed by atoms with Crippen molar-refractivity contribution in [3.05, 3.63) is 0 Å². The zero-order valence-corrected chi connectivity index (χ0v) is 10.9. The van der Waals surface area contributed by atoms with Gasteiger partial charge >= 0.3 is 6.03 Å². The van der Waals surface area contributed by atoms with Crippen LogP contribution in [0, 0.1) is 11.3 Å². The number of rotatable bonds is 4. The number of nitrogens with one attached hydrogen (secondary N) is 3. The first-order valence-electron chi connectivity index (χ1n) is 7.08. The number of urea groups is 1. The van der Waals surface area contributed by atoms with Crippen LogP contribution in [0.4, 0.5) is 4.79 Å². The molecule has 2 aliphatic carbocycles. The summed E-state index contributed by atoms with van der Waals surface area (Å²) in [6.45, 7) is 0. The third-order valence-corrected chi connectivity index (χ3v) is 4.18. The van der Waals surface area contributed by atoms with Crippen LogP contribution >= 0.6 is 0 Å². The average molecular weight is 252 g/mol. The Morgan fingerprint density at radius 2 is 1.78 bits per heavy atom. The molecule has 0 radical (unpaired) electrons. The van der Waals surface area contributed by atoms with Crippen molar-refractivity contribution >= 4 is 11.9 Å². The van der Waals surface area contributed by atoms with Gasteiger partial charge in [-0.25, -0.2) is 4.79 Å². The van der Waals surface area contributed by atoms with E-state index in [4.69, 9.17) is 11.1 Å². The fourth-order valence-corrected chi connectivity index (χ4v) is 2.84. The molecule has 2 aliphatic rings. The van der Waals surface area contributed by atoms with E-state index in [-0.39, 0.29) is 17.9 Å². The Kier molecular flexibility index (Phi) is 4.44.